The van der Waals surface area contributed by atoms with Gasteiger partial charge in [0.2, 0.25) is 0 Å². The first-order valence-corrected chi connectivity index (χ1v) is 11.0. The second-order valence-electron chi connectivity index (χ2n) is 4.55. The van der Waals surface area contributed by atoms with Crippen LogP contribution in [0, 0.1) is 0 Å². The Hall–Kier alpha value is -0.720. The molecule has 0 saturated heterocycles. The lowest BCUT2D eigenvalue weighted by Crippen LogP contribution is -2.04. The molecule has 0 fully saturated rings. The molecule has 6 heteroatoms. The van der Waals surface area contributed by atoms with E-state index in [1.54, 1.807) is 28.7 Å². The molecule has 23 heavy (non-hydrogen) atoms. The number of hydrogen-bond donors (Lipinski definition) is 0. The minimum absolute atomic E-state index is 0.502. The third kappa shape index (κ3) is 6.73. The van der Waals surface area contributed by atoms with Crippen molar-refractivity contribution < 1.29 is 9.29 Å². The Kier molecular flexibility index (Phi) is 8.26. The van der Waals surface area contributed by atoms with E-state index < -0.39 is 11.2 Å². The molecule has 0 saturated carbocycles. The Morgan fingerprint density at radius 3 is 2.74 bits per heavy atom. The molecule has 0 heterocycles. The van der Waals surface area contributed by atoms with Crippen LogP contribution in [0.25, 0.3) is 0 Å². The van der Waals surface area contributed by atoms with E-state index in [4.69, 9.17) is 16.3 Å². The second kappa shape index (κ2) is 10.2. The Balaban J connectivity index is 1.70. The molecule has 122 valence electrons. The van der Waals surface area contributed by atoms with Gasteiger partial charge in [0, 0.05) is 16.8 Å². The van der Waals surface area contributed by atoms with Gasteiger partial charge in [0.05, 0.1) is 7.11 Å². The molecule has 2 aromatic carbocycles. The minimum Gasteiger partial charge on any atom is -0.611 e. The van der Waals surface area contributed by atoms with Crippen molar-refractivity contribution >= 4 is 44.4 Å². The summed E-state index contributed by atoms with van der Waals surface area (Å²) >= 11 is 4.81. The minimum atomic E-state index is -1.04. The van der Waals surface area contributed by atoms with E-state index in [0.717, 1.165) is 21.4 Å². The summed E-state index contributed by atoms with van der Waals surface area (Å²) in [7, 11) is 4.98. The lowest BCUT2D eigenvalue weighted by Gasteiger charge is -2.09. The molecule has 0 aliphatic heterocycles. The van der Waals surface area contributed by atoms with Crippen molar-refractivity contribution in [3.05, 3.63) is 70.6 Å². The van der Waals surface area contributed by atoms with E-state index in [0.29, 0.717) is 5.75 Å². The van der Waals surface area contributed by atoms with Gasteiger partial charge in [0.15, 0.2) is 4.90 Å². The van der Waals surface area contributed by atoms with Gasteiger partial charge in [-0.1, -0.05) is 51.4 Å². The lowest BCUT2D eigenvalue weighted by atomic mass is 10.2. The highest BCUT2D eigenvalue weighted by Gasteiger charge is 2.09. The maximum Gasteiger partial charge on any atom is 0.156 e. The zero-order chi connectivity index (χ0) is 16.5. The molecular weight excluding hydrogens is 368 g/mol. The van der Waals surface area contributed by atoms with Gasteiger partial charge in [-0.25, -0.2) is 0 Å². The predicted molar refractivity (Wildman–Crippen MR) is 104 cm³/mol. The second-order valence-corrected chi connectivity index (χ2v) is 8.75. The normalized spacial score (nSPS) is 12.5. The van der Waals surface area contributed by atoms with Crippen LogP contribution in [0.1, 0.15) is 5.56 Å². The first kappa shape index (κ1) is 18.6. The SMILES string of the molecule is COc1cccc([S+]([O-])CC=CSSCc2ccc(Cl)cc2)c1. The van der Waals surface area contributed by atoms with Crippen molar-refractivity contribution in [1.29, 1.82) is 0 Å². The van der Waals surface area contributed by atoms with E-state index in [1.807, 2.05) is 60.0 Å². The van der Waals surface area contributed by atoms with E-state index in [2.05, 4.69) is 0 Å². The molecule has 2 aromatic rings. The topological polar surface area (TPSA) is 32.3 Å². The lowest BCUT2D eigenvalue weighted by molar-refractivity contribution is 0.413. The average Bonchev–Trinajstić information content (AvgIpc) is 2.59. The predicted octanol–water partition coefficient (Wildman–Crippen LogP) is 5.55. The number of methoxy groups -OCH3 is 1. The molecule has 0 N–H and O–H groups in total. The zero-order valence-electron chi connectivity index (χ0n) is 12.6. The molecule has 0 amide bonds. The largest absolute Gasteiger partial charge is 0.611 e. The summed E-state index contributed by atoms with van der Waals surface area (Å²) in [5, 5.41) is 2.74. The maximum atomic E-state index is 12.2. The molecular formula is C17H17ClO2S3. The summed E-state index contributed by atoms with van der Waals surface area (Å²) in [6.45, 7) is 0. The van der Waals surface area contributed by atoms with Gasteiger partial charge in [-0.2, -0.15) is 0 Å². The average molecular weight is 385 g/mol. The molecule has 1 atom stereocenters. The molecule has 0 radical (unpaired) electrons. The highest BCUT2D eigenvalue weighted by molar-refractivity contribution is 8.77. The van der Waals surface area contributed by atoms with Crippen molar-refractivity contribution in [1.82, 2.24) is 0 Å². The van der Waals surface area contributed by atoms with E-state index in [9.17, 15) is 4.55 Å². The number of hydrogen-bond acceptors (Lipinski definition) is 4. The molecule has 0 aromatic heterocycles. The number of rotatable bonds is 8. The van der Waals surface area contributed by atoms with Crippen LogP contribution in [0.15, 0.2) is 64.9 Å². The number of halogens is 1. The Bertz CT molecular complexity index is 632. The first-order chi connectivity index (χ1) is 11.2. The molecule has 0 aliphatic rings. The van der Waals surface area contributed by atoms with Crippen LogP contribution in [0.5, 0.6) is 5.75 Å². The fourth-order valence-electron chi connectivity index (χ4n) is 1.73. The summed E-state index contributed by atoms with van der Waals surface area (Å²) < 4.78 is 17.3. The molecule has 2 nitrogen and oxygen atoms in total. The number of ether oxygens (including phenoxy) is 1. The Labute approximate surface area is 153 Å². The zero-order valence-corrected chi connectivity index (χ0v) is 15.8. The van der Waals surface area contributed by atoms with Crippen molar-refractivity contribution in [2.75, 3.05) is 12.9 Å². The van der Waals surface area contributed by atoms with Crippen LogP contribution in [0.4, 0.5) is 0 Å². The van der Waals surface area contributed by atoms with Gasteiger partial charge in [-0.3, -0.25) is 0 Å². The summed E-state index contributed by atoms with van der Waals surface area (Å²) in [6.07, 6.45) is 1.94. The number of benzene rings is 2. The van der Waals surface area contributed by atoms with Crippen LogP contribution >= 0.6 is 33.2 Å². The van der Waals surface area contributed by atoms with Crippen LogP contribution in [-0.4, -0.2) is 17.4 Å². The van der Waals surface area contributed by atoms with E-state index in [1.165, 1.54) is 5.56 Å². The standard InChI is InChI=1S/C17H17ClO2S3/c1-20-16-4-2-5-17(12-16)23(19)11-3-10-21-22-13-14-6-8-15(18)9-7-14/h2-10,12H,11,13H2,1H3. The van der Waals surface area contributed by atoms with Crippen LogP contribution in [-0.2, 0) is 16.9 Å². The van der Waals surface area contributed by atoms with E-state index >= 15 is 0 Å². The monoisotopic (exact) mass is 384 g/mol. The molecule has 2 rings (SSSR count). The van der Waals surface area contributed by atoms with Crippen molar-refractivity contribution in [3.63, 3.8) is 0 Å². The van der Waals surface area contributed by atoms with Crippen molar-refractivity contribution in [3.8, 4) is 5.75 Å². The summed E-state index contributed by atoms with van der Waals surface area (Å²) in [6, 6.07) is 15.2. The highest BCUT2D eigenvalue weighted by Crippen LogP contribution is 2.27. The molecule has 0 aliphatic carbocycles. The van der Waals surface area contributed by atoms with Crippen LogP contribution < -0.4 is 4.74 Å². The van der Waals surface area contributed by atoms with Crippen molar-refractivity contribution in [2.24, 2.45) is 0 Å². The molecule has 0 bridgehead atoms. The quantitative estimate of drug-likeness (QED) is 0.339. The third-order valence-corrected chi connectivity index (χ3v) is 6.42. The Morgan fingerprint density at radius 1 is 1.22 bits per heavy atom. The highest BCUT2D eigenvalue weighted by atomic mass is 35.5. The smallest absolute Gasteiger partial charge is 0.156 e. The third-order valence-electron chi connectivity index (χ3n) is 2.91. The van der Waals surface area contributed by atoms with E-state index in [-0.39, 0.29) is 0 Å². The molecule has 0 spiro atoms. The maximum absolute atomic E-state index is 12.2. The van der Waals surface area contributed by atoms with Gasteiger partial charge in [-0.15, -0.1) is 0 Å². The Morgan fingerprint density at radius 2 is 2.00 bits per heavy atom. The summed E-state index contributed by atoms with van der Waals surface area (Å²) in [4.78, 5) is 0.785. The van der Waals surface area contributed by atoms with Gasteiger partial charge in [-0.05, 0) is 52.5 Å². The van der Waals surface area contributed by atoms with Crippen molar-refractivity contribution in [2.45, 2.75) is 10.6 Å². The van der Waals surface area contributed by atoms with Crippen LogP contribution in [0.3, 0.4) is 0 Å². The van der Waals surface area contributed by atoms with Crippen LogP contribution in [0.2, 0.25) is 5.02 Å². The fraction of sp³-hybridized carbons (Fsp3) is 0.176. The van der Waals surface area contributed by atoms with Gasteiger partial charge >= 0.3 is 0 Å². The summed E-state index contributed by atoms with van der Waals surface area (Å²) in [5.41, 5.74) is 1.24. The van der Waals surface area contributed by atoms with Gasteiger partial charge < -0.3 is 9.29 Å². The molecule has 1 unspecified atom stereocenters. The van der Waals surface area contributed by atoms with Gasteiger partial charge in [0.25, 0.3) is 0 Å². The fourth-order valence-corrected chi connectivity index (χ4v) is 4.65. The first-order valence-electron chi connectivity index (χ1n) is 6.89. The summed E-state index contributed by atoms with van der Waals surface area (Å²) in [5.74, 6) is 2.14. The van der Waals surface area contributed by atoms with Gasteiger partial charge in [0.1, 0.15) is 11.5 Å².